The molecule has 1 aromatic rings. The van der Waals surface area contributed by atoms with Crippen LogP contribution in [-0.4, -0.2) is 22.9 Å². The molecule has 16 heavy (non-hydrogen) atoms. The zero-order valence-electron chi connectivity index (χ0n) is 8.38. The fourth-order valence-corrected chi connectivity index (χ4v) is 2.77. The minimum atomic E-state index is -0.816. The highest BCUT2D eigenvalue weighted by atomic mass is 32.2. The molecule has 4 nitrogen and oxygen atoms in total. The zero-order valence-corrected chi connectivity index (χ0v) is 9.20. The van der Waals surface area contributed by atoms with Gasteiger partial charge in [0.05, 0.1) is 17.0 Å². The summed E-state index contributed by atoms with van der Waals surface area (Å²) in [6.07, 6.45) is 0. The smallest absolute Gasteiger partial charge is 0.321 e. The van der Waals surface area contributed by atoms with Crippen molar-refractivity contribution in [1.29, 1.82) is 5.26 Å². The van der Waals surface area contributed by atoms with Crippen LogP contribution < -0.4 is 5.32 Å². The van der Waals surface area contributed by atoms with E-state index in [1.165, 1.54) is 0 Å². The van der Waals surface area contributed by atoms with Crippen molar-refractivity contribution < 1.29 is 9.90 Å². The molecule has 0 amide bonds. The van der Waals surface area contributed by atoms with Gasteiger partial charge in [-0.25, -0.2) is 0 Å². The second-order valence-electron chi connectivity index (χ2n) is 3.50. The van der Waals surface area contributed by atoms with E-state index in [1.807, 2.05) is 12.1 Å². The first-order chi connectivity index (χ1) is 7.70. The van der Waals surface area contributed by atoms with Gasteiger partial charge in [0, 0.05) is 5.75 Å². The highest BCUT2D eigenvalue weighted by molar-refractivity contribution is 7.99. The third-order valence-electron chi connectivity index (χ3n) is 2.42. The van der Waals surface area contributed by atoms with E-state index in [-0.39, 0.29) is 5.37 Å². The first-order valence-electron chi connectivity index (χ1n) is 4.81. The number of hydrogen-bond donors (Lipinski definition) is 2. The van der Waals surface area contributed by atoms with Crippen molar-refractivity contribution >= 4 is 17.7 Å². The second kappa shape index (κ2) is 4.56. The van der Waals surface area contributed by atoms with Gasteiger partial charge < -0.3 is 5.11 Å². The van der Waals surface area contributed by atoms with Crippen LogP contribution in [0.4, 0.5) is 0 Å². The maximum absolute atomic E-state index is 10.8. The van der Waals surface area contributed by atoms with Crippen molar-refractivity contribution in [3.05, 3.63) is 35.4 Å². The van der Waals surface area contributed by atoms with Crippen LogP contribution in [0, 0.1) is 11.3 Å². The topological polar surface area (TPSA) is 73.1 Å². The molecule has 0 radical (unpaired) electrons. The van der Waals surface area contributed by atoms with Crippen LogP contribution in [0.15, 0.2) is 24.3 Å². The number of nitrogens with zero attached hydrogens (tertiary/aromatic N) is 1. The van der Waals surface area contributed by atoms with E-state index in [0.29, 0.717) is 11.3 Å². The fourth-order valence-electron chi connectivity index (χ4n) is 1.54. The van der Waals surface area contributed by atoms with Gasteiger partial charge in [0.2, 0.25) is 0 Å². The summed E-state index contributed by atoms with van der Waals surface area (Å²) in [6, 6.07) is 8.76. The minimum Gasteiger partial charge on any atom is -0.480 e. The molecule has 1 aromatic carbocycles. The number of rotatable bonds is 2. The average Bonchev–Trinajstić information content (AvgIpc) is 2.78. The number of aliphatic carboxylic acids is 1. The lowest BCUT2D eigenvalue weighted by Crippen LogP contribution is -2.33. The Morgan fingerprint density at radius 3 is 2.69 bits per heavy atom. The second-order valence-corrected chi connectivity index (χ2v) is 4.64. The number of carboxylic acid groups (broad SMARTS) is 1. The van der Waals surface area contributed by atoms with Crippen LogP contribution >= 0.6 is 11.8 Å². The summed E-state index contributed by atoms with van der Waals surface area (Å²) in [5, 5.41) is 20.5. The lowest BCUT2D eigenvalue weighted by atomic mass is 10.1. The lowest BCUT2D eigenvalue weighted by molar-refractivity contribution is -0.138. The third-order valence-corrected chi connectivity index (χ3v) is 3.69. The number of carbonyl (C=O) groups is 1. The van der Waals surface area contributed by atoms with Crippen molar-refractivity contribution in [2.75, 3.05) is 5.75 Å². The quantitative estimate of drug-likeness (QED) is 0.808. The van der Waals surface area contributed by atoms with Crippen molar-refractivity contribution in [1.82, 2.24) is 5.32 Å². The van der Waals surface area contributed by atoms with E-state index < -0.39 is 12.0 Å². The third kappa shape index (κ3) is 2.18. The van der Waals surface area contributed by atoms with Crippen LogP contribution in [0.25, 0.3) is 0 Å². The van der Waals surface area contributed by atoms with Gasteiger partial charge in [-0.05, 0) is 17.7 Å². The van der Waals surface area contributed by atoms with Gasteiger partial charge >= 0.3 is 5.97 Å². The predicted octanol–water partition coefficient (Wildman–Crippen LogP) is 1.35. The molecule has 0 bridgehead atoms. The summed E-state index contributed by atoms with van der Waals surface area (Å²) < 4.78 is 0. The van der Waals surface area contributed by atoms with Crippen LogP contribution in [-0.2, 0) is 4.79 Å². The van der Waals surface area contributed by atoms with Crippen molar-refractivity contribution in [3.8, 4) is 6.07 Å². The summed E-state index contributed by atoms with van der Waals surface area (Å²) in [5.41, 5.74) is 1.62. The summed E-state index contributed by atoms with van der Waals surface area (Å²) >= 11 is 1.57. The number of hydrogen-bond acceptors (Lipinski definition) is 4. The molecule has 0 aliphatic carbocycles. The van der Waals surface area contributed by atoms with Crippen LogP contribution in [0.5, 0.6) is 0 Å². The highest BCUT2D eigenvalue weighted by Crippen LogP contribution is 2.32. The molecule has 2 N–H and O–H groups in total. The Kier molecular flexibility index (Phi) is 3.13. The van der Waals surface area contributed by atoms with E-state index in [0.717, 1.165) is 5.56 Å². The Morgan fingerprint density at radius 1 is 1.50 bits per heavy atom. The van der Waals surface area contributed by atoms with Gasteiger partial charge in [-0.15, -0.1) is 11.8 Å². The summed E-state index contributed by atoms with van der Waals surface area (Å²) in [5.74, 6) is -0.247. The Balaban J connectivity index is 2.09. The molecule has 1 aliphatic rings. The molecule has 0 aromatic heterocycles. The van der Waals surface area contributed by atoms with Gasteiger partial charge in [0.15, 0.2) is 0 Å². The molecule has 1 saturated heterocycles. The maximum Gasteiger partial charge on any atom is 0.321 e. The molecule has 2 atom stereocenters. The molecule has 0 spiro atoms. The fraction of sp³-hybridized carbons (Fsp3) is 0.273. The predicted molar refractivity (Wildman–Crippen MR) is 60.9 cm³/mol. The Bertz CT molecular complexity index is 438. The largest absolute Gasteiger partial charge is 0.480 e. The molecular formula is C11H10N2O2S. The van der Waals surface area contributed by atoms with Crippen LogP contribution in [0.1, 0.15) is 16.5 Å². The Hall–Kier alpha value is -1.51. The number of nitriles is 1. The van der Waals surface area contributed by atoms with E-state index in [1.54, 1.807) is 23.9 Å². The molecule has 2 rings (SSSR count). The van der Waals surface area contributed by atoms with Crippen LogP contribution in [0.3, 0.4) is 0 Å². The van der Waals surface area contributed by atoms with Gasteiger partial charge in [0.25, 0.3) is 0 Å². The Morgan fingerprint density at radius 2 is 2.19 bits per heavy atom. The van der Waals surface area contributed by atoms with Crippen molar-refractivity contribution in [2.24, 2.45) is 0 Å². The number of benzene rings is 1. The molecule has 1 aliphatic heterocycles. The zero-order chi connectivity index (χ0) is 11.5. The molecule has 1 fully saturated rings. The number of carboxylic acids is 1. The molecule has 5 heteroatoms. The molecule has 2 unspecified atom stereocenters. The Labute approximate surface area is 97.3 Å². The van der Waals surface area contributed by atoms with Gasteiger partial charge in [-0.1, -0.05) is 12.1 Å². The average molecular weight is 234 g/mol. The molecule has 82 valence electrons. The van der Waals surface area contributed by atoms with Gasteiger partial charge in [-0.3, -0.25) is 10.1 Å². The number of nitrogens with one attached hydrogen (secondary N) is 1. The van der Waals surface area contributed by atoms with E-state index in [9.17, 15) is 4.79 Å². The molecular weight excluding hydrogens is 224 g/mol. The van der Waals surface area contributed by atoms with E-state index in [2.05, 4.69) is 11.4 Å². The summed E-state index contributed by atoms with van der Waals surface area (Å²) in [6.45, 7) is 0. The standard InChI is InChI=1S/C11H10N2O2S/c12-5-7-1-3-8(4-2-7)10-13-9(6-16-10)11(14)15/h1-4,9-10,13H,6H2,(H,14,15). The van der Waals surface area contributed by atoms with Crippen LogP contribution in [0.2, 0.25) is 0 Å². The summed E-state index contributed by atoms with van der Waals surface area (Å²) in [7, 11) is 0. The van der Waals surface area contributed by atoms with E-state index in [4.69, 9.17) is 10.4 Å². The summed E-state index contributed by atoms with van der Waals surface area (Å²) in [4.78, 5) is 10.8. The molecule has 1 heterocycles. The van der Waals surface area contributed by atoms with E-state index >= 15 is 0 Å². The number of thioether (sulfide) groups is 1. The monoisotopic (exact) mass is 234 g/mol. The SMILES string of the molecule is N#Cc1ccc(C2NC(C(=O)O)CS2)cc1. The van der Waals surface area contributed by atoms with Crippen molar-refractivity contribution in [3.63, 3.8) is 0 Å². The highest BCUT2D eigenvalue weighted by Gasteiger charge is 2.30. The minimum absolute atomic E-state index is 0.00819. The van der Waals surface area contributed by atoms with Crippen molar-refractivity contribution in [2.45, 2.75) is 11.4 Å². The van der Waals surface area contributed by atoms with Gasteiger partial charge in [-0.2, -0.15) is 5.26 Å². The normalized spacial score (nSPS) is 23.9. The molecule has 0 saturated carbocycles. The maximum atomic E-state index is 10.8. The lowest BCUT2D eigenvalue weighted by Gasteiger charge is -2.10. The van der Waals surface area contributed by atoms with Gasteiger partial charge in [0.1, 0.15) is 6.04 Å². The first-order valence-corrected chi connectivity index (χ1v) is 5.86. The first kappa shape index (κ1) is 11.0.